The SMILES string of the molecule is CCc1nncn1CCNC(=NCCc1ccc(OC)cc1)NC(C)c1cccs1.I. The van der Waals surface area contributed by atoms with Gasteiger partial charge in [-0.2, -0.15) is 0 Å². The average Bonchev–Trinajstić information content (AvgIpc) is 3.46. The highest BCUT2D eigenvalue weighted by Crippen LogP contribution is 2.18. The van der Waals surface area contributed by atoms with Crippen LogP contribution in [0.15, 0.2) is 53.1 Å². The summed E-state index contributed by atoms with van der Waals surface area (Å²) in [6, 6.07) is 12.5. The standard InChI is InChI=1S/C22H30N6OS.HI/c1-4-21-27-25-16-28(21)14-13-24-22(26-17(2)20-6-5-15-30-20)23-12-11-18-7-9-19(29-3)10-8-18;/h5-10,15-17H,4,11-14H2,1-3H3,(H2,23,24,26);1H. The number of nitrogens with zero attached hydrogens (tertiary/aromatic N) is 4. The number of aliphatic imine (C=N–C) groups is 1. The molecule has 0 saturated heterocycles. The van der Waals surface area contributed by atoms with Gasteiger partial charge in [0.2, 0.25) is 0 Å². The van der Waals surface area contributed by atoms with E-state index in [1.165, 1.54) is 10.4 Å². The van der Waals surface area contributed by atoms with Crippen LogP contribution in [0, 0.1) is 0 Å². The summed E-state index contributed by atoms with van der Waals surface area (Å²) in [5.41, 5.74) is 1.24. The van der Waals surface area contributed by atoms with Crippen LogP contribution in [-0.4, -0.2) is 40.9 Å². The summed E-state index contributed by atoms with van der Waals surface area (Å²) in [6.45, 7) is 6.48. The molecule has 0 aliphatic heterocycles. The van der Waals surface area contributed by atoms with E-state index in [1.54, 1.807) is 24.8 Å². The molecule has 0 spiro atoms. The number of aromatic nitrogens is 3. The Balaban J connectivity index is 0.00000341. The number of aryl methyl sites for hydroxylation is 1. The van der Waals surface area contributed by atoms with Crippen LogP contribution in [0.4, 0.5) is 0 Å². The summed E-state index contributed by atoms with van der Waals surface area (Å²) in [5, 5.41) is 17.2. The van der Waals surface area contributed by atoms with Crippen molar-refractivity contribution in [2.24, 2.45) is 4.99 Å². The molecule has 1 aromatic carbocycles. The van der Waals surface area contributed by atoms with Crippen LogP contribution in [0.2, 0.25) is 0 Å². The lowest BCUT2D eigenvalue weighted by Gasteiger charge is -2.18. The summed E-state index contributed by atoms with van der Waals surface area (Å²) in [4.78, 5) is 6.08. The number of guanidine groups is 1. The zero-order chi connectivity index (χ0) is 21.2. The third-order valence-corrected chi connectivity index (χ3v) is 5.86. The van der Waals surface area contributed by atoms with Gasteiger partial charge in [0.1, 0.15) is 17.9 Å². The topological polar surface area (TPSA) is 76.4 Å². The van der Waals surface area contributed by atoms with Gasteiger partial charge < -0.3 is 19.9 Å². The van der Waals surface area contributed by atoms with Crippen LogP contribution >= 0.6 is 35.3 Å². The highest BCUT2D eigenvalue weighted by atomic mass is 127. The molecule has 0 fully saturated rings. The van der Waals surface area contributed by atoms with Gasteiger partial charge in [0.15, 0.2) is 5.96 Å². The Morgan fingerprint density at radius 1 is 1.26 bits per heavy atom. The lowest BCUT2D eigenvalue weighted by Crippen LogP contribution is -2.40. The smallest absolute Gasteiger partial charge is 0.191 e. The molecular weight excluding hydrogens is 523 g/mol. The van der Waals surface area contributed by atoms with E-state index in [9.17, 15) is 0 Å². The summed E-state index contributed by atoms with van der Waals surface area (Å²) in [6.07, 6.45) is 3.52. The number of rotatable bonds is 10. The van der Waals surface area contributed by atoms with E-state index in [0.717, 1.165) is 43.5 Å². The number of hydrogen-bond acceptors (Lipinski definition) is 5. The van der Waals surface area contributed by atoms with Crippen molar-refractivity contribution in [3.05, 3.63) is 64.4 Å². The molecule has 31 heavy (non-hydrogen) atoms. The minimum atomic E-state index is 0. The molecule has 0 bridgehead atoms. The van der Waals surface area contributed by atoms with Gasteiger partial charge in [-0.1, -0.05) is 25.1 Å². The largest absolute Gasteiger partial charge is 0.497 e. The van der Waals surface area contributed by atoms with E-state index < -0.39 is 0 Å². The Labute approximate surface area is 205 Å². The number of thiophene rings is 1. The van der Waals surface area contributed by atoms with Crippen molar-refractivity contribution < 1.29 is 4.74 Å². The van der Waals surface area contributed by atoms with Gasteiger partial charge in [-0.25, -0.2) is 0 Å². The van der Waals surface area contributed by atoms with E-state index in [-0.39, 0.29) is 30.0 Å². The second kappa shape index (κ2) is 13.3. The Morgan fingerprint density at radius 3 is 2.74 bits per heavy atom. The Morgan fingerprint density at radius 2 is 2.06 bits per heavy atom. The number of benzene rings is 1. The minimum absolute atomic E-state index is 0. The van der Waals surface area contributed by atoms with Crippen molar-refractivity contribution in [2.75, 3.05) is 20.2 Å². The molecule has 1 atom stereocenters. The summed E-state index contributed by atoms with van der Waals surface area (Å²) >= 11 is 1.75. The minimum Gasteiger partial charge on any atom is -0.497 e. The van der Waals surface area contributed by atoms with Gasteiger partial charge in [-0.15, -0.1) is 45.5 Å². The third-order valence-electron chi connectivity index (χ3n) is 4.81. The highest BCUT2D eigenvalue weighted by molar-refractivity contribution is 14.0. The van der Waals surface area contributed by atoms with Crippen LogP contribution in [0.25, 0.3) is 0 Å². The fraction of sp³-hybridized carbons (Fsp3) is 0.409. The Kier molecular flexibility index (Phi) is 10.8. The molecule has 2 heterocycles. The fourth-order valence-corrected chi connectivity index (χ4v) is 3.82. The predicted octanol–water partition coefficient (Wildman–Crippen LogP) is 4.07. The molecule has 0 aliphatic rings. The summed E-state index contributed by atoms with van der Waals surface area (Å²) in [5.74, 6) is 2.68. The van der Waals surface area contributed by atoms with Crippen molar-refractivity contribution in [2.45, 2.75) is 39.3 Å². The van der Waals surface area contributed by atoms with Gasteiger partial charge >= 0.3 is 0 Å². The normalized spacial score (nSPS) is 12.2. The molecule has 3 aromatic rings. The van der Waals surface area contributed by atoms with Gasteiger partial charge in [0.25, 0.3) is 0 Å². The Hall–Kier alpha value is -2.14. The van der Waals surface area contributed by atoms with Crippen molar-refractivity contribution in [3.63, 3.8) is 0 Å². The molecule has 2 N–H and O–H groups in total. The van der Waals surface area contributed by atoms with Gasteiger partial charge in [-0.05, 0) is 42.5 Å². The van der Waals surface area contributed by atoms with E-state index in [0.29, 0.717) is 6.54 Å². The monoisotopic (exact) mass is 554 g/mol. The van der Waals surface area contributed by atoms with Crippen LogP contribution < -0.4 is 15.4 Å². The van der Waals surface area contributed by atoms with E-state index in [4.69, 9.17) is 9.73 Å². The number of hydrogen-bond donors (Lipinski definition) is 2. The molecule has 2 aromatic heterocycles. The van der Waals surface area contributed by atoms with Crippen LogP contribution in [0.1, 0.15) is 36.2 Å². The van der Waals surface area contributed by atoms with Crippen LogP contribution in [-0.2, 0) is 19.4 Å². The predicted molar refractivity (Wildman–Crippen MR) is 138 cm³/mol. The first-order valence-corrected chi connectivity index (χ1v) is 11.2. The first-order chi connectivity index (χ1) is 14.7. The second-order valence-corrected chi connectivity index (χ2v) is 7.91. The zero-order valence-electron chi connectivity index (χ0n) is 18.2. The van der Waals surface area contributed by atoms with E-state index >= 15 is 0 Å². The maximum atomic E-state index is 5.22. The first-order valence-electron chi connectivity index (χ1n) is 10.3. The molecule has 0 amide bonds. The number of nitrogens with one attached hydrogen (secondary N) is 2. The summed E-state index contributed by atoms with van der Waals surface area (Å²) < 4.78 is 7.30. The summed E-state index contributed by atoms with van der Waals surface area (Å²) in [7, 11) is 1.68. The van der Waals surface area contributed by atoms with Crippen molar-refractivity contribution in [1.29, 1.82) is 0 Å². The number of methoxy groups -OCH3 is 1. The maximum Gasteiger partial charge on any atom is 0.191 e. The lowest BCUT2D eigenvalue weighted by atomic mass is 10.1. The fourth-order valence-electron chi connectivity index (χ4n) is 3.09. The van der Waals surface area contributed by atoms with Crippen molar-refractivity contribution >= 4 is 41.3 Å². The van der Waals surface area contributed by atoms with Crippen LogP contribution in [0.3, 0.4) is 0 Å². The van der Waals surface area contributed by atoms with E-state index in [1.807, 2.05) is 12.1 Å². The quantitative estimate of drug-likeness (QED) is 0.225. The molecule has 0 aliphatic carbocycles. The number of ether oxygens (including phenoxy) is 1. The molecule has 0 saturated carbocycles. The van der Waals surface area contributed by atoms with Gasteiger partial charge in [0, 0.05) is 30.9 Å². The molecule has 1 unspecified atom stereocenters. The molecule has 3 rings (SSSR count). The molecule has 7 nitrogen and oxygen atoms in total. The maximum absolute atomic E-state index is 5.22. The lowest BCUT2D eigenvalue weighted by molar-refractivity contribution is 0.414. The highest BCUT2D eigenvalue weighted by Gasteiger charge is 2.09. The third kappa shape index (κ3) is 7.80. The van der Waals surface area contributed by atoms with Crippen molar-refractivity contribution in [3.8, 4) is 5.75 Å². The number of halogens is 1. The molecular formula is C22H31IN6OS. The average molecular weight is 555 g/mol. The van der Waals surface area contributed by atoms with Crippen molar-refractivity contribution in [1.82, 2.24) is 25.4 Å². The Bertz CT molecular complexity index is 910. The second-order valence-electron chi connectivity index (χ2n) is 6.93. The zero-order valence-corrected chi connectivity index (χ0v) is 21.4. The first kappa shape index (κ1) is 25.1. The van der Waals surface area contributed by atoms with Crippen LogP contribution in [0.5, 0.6) is 5.75 Å². The molecule has 0 radical (unpaired) electrons. The van der Waals surface area contributed by atoms with Gasteiger partial charge in [0.05, 0.1) is 13.2 Å². The molecule has 168 valence electrons. The molecule has 9 heteroatoms. The van der Waals surface area contributed by atoms with E-state index in [2.05, 4.69) is 68.9 Å². The van der Waals surface area contributed by atoms with Gasteiger partial charge in [-0.3, -0.25) is 4.99 Å².